The van der Waals surface area contributed by atoms with Crippen LogP contribution in [0.1, 0.15) is 11.1 Å². The second-order valence-corrected chi connectivity index (χ2v) is 5.88. The van der Waals surface area contributed by atoms with Gasteiger partial charge in [0.05, 0.1) is 10.7 Å². The molecule has 126 valence electrons. The molecule has 1 aromatic heterocycles. The van der Waals surface area contributed by atoms with Crippen molar-refractivity contribution >= 4 is 45.9 Å². The Morgan fingerprint density at radius 1 is 1.43 bits per heavy atom. The van der Waals surface area contributed by atoms with Gasteiger partial charge in [0.2, 0.25) is 0 Å². The van der Waals surface area contributed by atoms with Gasteiger partial charge in [-0.3, -0.25) is 9.67 Å². The number of nitrogens with zero attached hydrogens (tertiary/aromatic N) is 4. The maximum atomic E-state index is 13.5. The third-order valence-corrected chi connectivity index (χ3v) is 3.83. The van der Waals surface area contributed by atoms with Crippen LogP contribution in [0.3, 0.4) is 0 Å². The average Bonchev–Trinajstić information content (AvgIpc) is 2.88. The van der Waals surface area contributed by atoms with Gasteiger partial charge < -0.3 is 10.2 Å². The molecular weight excluding hydrogens is 476 g/mol. The SMILES string of the molecule is CN=C(NCc1ccc(Br)c(F)c1)N(C)Cc1cnn(C)c1.I. The number of halogens is 3. The molecule has 1 N–H and O–H groups in total. The zero-order valence-electron chi connectivity index (χ0n) is 13.3. The van der Waals surface area contributed by atoms with Crippen LogP contribution in [0.15, 0.2) is 40.1 Å². The summed E-state index contributed by atoms with van der Waals surface area (Å²) in [5, 5.41) is 7.38. The van der Waals surface area contributed by atoms with Crippen molar-refractivity contribution in [1.29, 1.82) is 0 Å². The summed E-state index contributed by atoms with van der Waals surface area (Å²) in [6, 6.07) is 5.08. The summed E-state index contributed by atoms with van der Waals surface area (Å²) >= 11 is 3.15. The molecule has 0 amide bonds. The molecule has 23 heavy (non-hydrogen) atoms. The molecule has 2 aromatic rings. The summed E-state index contributed by atoms with van der Waals surface area (Å²) in [6.07, 6.45) is 3.79. The van der Waals surface area contributed by atoms with Gasteiger partial charge in [-0.15, -0.1) is 24.0 Å². The highest BCUT2D eigenvalue weighted by atomic mass is 127. The zero-order chi connectivity index (χ0) is 16.1. The van der Waals surface area contributed by atoms with Crippen LogP contribution in [0, 0.1) is 5.82 Å². The Labute approximate surface area is 161 Å². The van der Waals surface area contributed by atoms with E-state index < -0.39 is 0 Å². The Morgan fingerprint density at radius 3 is 2.74 bits per heavy atom. The van der Waals surface area contributed by atoms with Gasteiger partial charge in [0, 0.05) is 46.0 Å². The van der Waals surface area contributed by atoms with Crippen LogP contribution in [0.5, 0.6) is 0 Å². The highest BCUT2D eigenvalue weighted by Gasteiger charge is 2.08. The number of aryl methyl sites for hydroxylation is 1. The smallest absolute Gasteiger partial charge is 0.193 e. The summed E-state index contributed by atoms with van der Waals surface area (Å²) in [5.41, 5.74) is 1.96. The molecule has 0 saturated heterocycles. The van der Waals surface area contributed by atoms with Crippen molar-refractivity contribution in [3.63, 3.8) is 0 Å². The number of guanidine groups is 1. The van der Waals surface area contributed by atoms with Crippen LogP contribution in [0.4, 0.5) is 4.39 Å². The molecular formula is C15H20BrFIN5. The zero-order valence-corrected chi connectivity index (χ0v) is 17.2. The van der Waals surface area contributed by atoms with E-state index in [1.807, 2.05) is 37.5 Å². The van der Waals surface area contributed by atoms with Crippen molar-refractivity contribution in [3.05, 3.63) is 52.0 Å². The number of rotatable bonds is 4. The number of hydrogen-bond donors (Lipinski definition) is 1. The van der Waals surface area contributed by atoms with Crippen molar-refractivity contribution in [2.24, 2.45) is 12.0 Å². The molecule has 1 heterocycles. The molecule has 0 fully saturated rings. The molecule has 0 aliphatic carbocycles. The lowest BCUT2D eigenvalue weighted by Crippen LogP contribution is -2.38. The summed E-state index contributed by atoms with van der Waals surface area (Å²) in [6.45, 7) is 1.20. The van der Waals surface area contributed by atoms with E-state index in [4.69, 9.17) is 0 Å². The van der Waals surface area contributed by atoms with E-state index in [-0.39, 0.29) is 29.8 Å². The van der Waals surface area contributed by atoms with Gasteiger partial charge in [-0.1, -0.05) is 6.07 Å². The lowest BCUT2D eigenvalue weighted by atomic mass is 10.2. The van der Waals surface area contributed by atoms with Gasteiger partial charge in [-0.2, -0.15) is 5.10 Å². The first-order valence-electron chi connectivity index (χ1n) is 6.83. The van der Waals surface area contributed by atoms with Gasteiger partial charge in [-0.25, -0.2) is 4.39 Å². The number of nitrogens with one attached hydrogen (secondary N) is 1. The molecule has 0 aliphatic rings. The fourth-order valence-corrected chi connectivity index (χ4v) is 2.36. The molecule has 8 heteroatoms. The Kier molecular flexibility index (Phi) is 7.97. The van der Waals surface area contributed by atoms with Crippen molar-refractivity contribution in [2.75, 3.05) is 14.1 Å². The topological polar surface area (TPSA) is 45.5 Å². The minimum atomic E-state index is -0.266. The maximum Gasteiger partial charge on any atom is 0.193 e. The van der Waals surface area contributed by atoms with E-state index in [0.717, 1.165) is 17.1 Å². The molecule has 1 aromatic carbocycles. The predicted molar refractivity (Wildman–Crippen MR) is 104 cm³/mol. The maximum absolute atomic E-state index is 13.5. The quantitative estimate of drug-likeness (QED) is 0.402. The lowest BCUT2D eigenvalue weighted by Gasteiger charge is -2.21. The van der Waals surface area contributed by atoms with Gasteiger partial charge in [0.15, 0.2) is 5.96 Å². The highest BCUT2D eigenvalue weighted by Crippen LogP contribution is 2.16. The molecule has 0 bridgehead atoms. The van der Waals surface area contributed by atoms with Crippen LogP contribution in [0.25, 0.3) is 0 Å². The highest BCUT2D eigenvalue weighted by molar-refractivity contribution is 14.0. The minimum absolute atomic E-state index is 0. The van der Waals surface area contributed by atoms with Crippen molar-refractivity contribution in [2.45, 2.75) is 13.1 Å². The Balaban J connectivity index is 0.00000264. The van der Waals surface area contributed by atoms with Crippen molar-refractivity contribution in [1.82, 2.24) is 20.0 Å². The standard InChI is InChI=1S/C15H19BrFN5.HI/c1-18-15(21(2)9-12-8-20-22(3)10-12)19-7-11-4-5-13(16)14(17)6-11;/h4-6,8,10H,7,9H2,1-3H3,(H,18,19);1H. The van der Waals surface area contributed by atoms with E-state index in [1.54, 1.807) is 17.8 Å². The van der Waals surface area contributed by atoms with Crippen LogP contribution >= 0.6 is 39.9 Å². The molecule has 0 unspecified atom stereocenters. The number of aromatic nitrogens is 2. The Hall–Kier alpha value is -1.16. The predicted octanol–water partition coefficient (Wildman–Crippen LogP) is 3.15. The van der Waals surface area contributed by atoms with E-state index in [0.29, 0.717) is 17.6 Å². The largest absolute Gasteiger partial charge is 0.352 e. The lowest BCUT2D eigenvalue weighted by molar-refractivity contribution is 0.476. The van der Waals surface area contributed by atoms with Crippen molar-refractivity contribution < 1.29 is 4.39 Å². The van der Waals surface area contributed by atoms with Crippen LogP contribution in [-0.2, 0) is 20.1 Å². The van der Waals surface area contributed by atoms with E-state index in [9.17, 15) is 4.39 Å². The fraction of sp³-hybridized carbons (Fsp3) is 0.333. The first kappa shape index (κ1) is 19.9. The van der Waals surface area contributed by atoms with E-state index in [1.165, 1.54) is 6.07 Å². The number of hydrogen-bond acceptors (Lipinski definition) is 2. The van der Waals surface area contributed by atoms with Crippen LogP contribution in [-0.4, -0.2) is 34.7 Å². The third kappa shape index (κ3) is 5.76. The summed E-state index contributed by atoms with van der Waals surface area (Å²) in [7, 11) is 5.56. The van der Waals surface area contributed by atoms with Crippen molar-refractivity contribution in [3.8, 4) is 0 Å². The molecule has 0 spiro atoms. The first-order chi connectivity index (χ1) is 10.5. The van der Waals surface area contributed by atoms with Gasteiger partial charge in [0.25, 0.3) is 0 Å². The summed E-state index contributed by atoms with van der Waals surface area (Å²) in [4.78, 5) is 6.24. The monoisotopic (exact) mass is 495 g/mol. The van der Waals surface area contributed by atoms with E-state index in [2.05, 4.69) is 31.3 Å². The van der Waals surface area contributed by atoms with Gasteiger partial charge in [0.1, 0.15) is 5.82 Å². The molecule has 0 saturated carbocycles. The molecule has 0 radical (unpaired) electrons. The molecule has 5 nitrogen and oxygen atoms in total. The first-order valence-corrected chi connectivity index (χ1v) is 7.62. The Bertz CT molecular complexity index is 674. The van der Waals surface area contributed by atoms with E-state index >= 15 is 0 Å². The second-order valence-electron chi connectivity index (χ2n) is 5.03. The normalized spacial score (nSPS) is 11.1. The van der Waals surface area contributed by atoms with Crippen LogP contribution < -0.4 is 5.32 Å². The summed E-state index contributed by atoms with van der Waals surface area (Å²) < 4.78 is 15.7. The molecule has 2 rings (SSSR count). The second kappa shape index (κ2) is 9.21. The number of benzene rings is 1. The Morgan fingerprint density at radius 2 is 2.17 bits per heavy atom. The third-order valence-electron chi connectivity index (χ3n) is 3.19. The molecule has 0 aliphatic heterocycles. The van der Waals surface area contributed by atoms with Crippen LogP contribution in [0.2, 0.25) is 0 Å². The van der Waals surface area contributed by atoms with Gasteiger partial charge >= 0.3 is 0 Å². The number of aliphatic imine (C=N–C) groups is 1. The molecule has 0 atom stereocenters. The summed E-state index contributed by atoms with van der Waals surface area (Å²) in [5.74, 6) is 0.477. The minimum Gasteiger partial charge on any atom is -0.352 e. The fourth-order valence-electron chi connectivity index (χ4n) is 2.12. The van der Waals surface area contributed by atoms with Gasteiger partial charge in [-0.05, 0) is 33.6 Å². The average molecular weight is 496 g/mol.